The Balaban J connectivity index is 0.971. The average Bonchev–Trinajstić information content (AvgIpc) is 4.27. The normalized spacial score (nSPS) is 20.6. The third-order valence-electron chi connectivity index (χ3n) is 12.3. The van der Waals surface area contributed by atoms with E-state index in [4.69, 9.17) is 71.1 Å². The van der Waals surface area contributed by atoms with E-state index in [1.807, 2.05) is 103 Å². The second kappa shape index (κ2) is 22.9. The van der Waals surface area contributed by atoms with Crippen LogP contribution in [0.15, 0.2) is 103 Å². The number of carbonyl (C=O) groups is 5. The molecule has 5 aromatic carbocycles. The van der Waals surface area contributed by atoms with E-state index in [2.05, 4.69) is 0 Å². The van der Waals surface area contributed by atoms with Crippen LogP contribution in [0.25, 0.3) is 0 Å². The van der Waals surface area contributed by atoms with Gasteiger partial charge in [0.15, 0.2) is 30.5 Å². The highest BCUT2D eigenvalue weighted by Crippen LogP contribution is 2.38. The van der Waals surface area contributed by atoms with Crippen molar-refractivity contribution in [1.29, 1.82) is 0 Å². The number of hydrogen-bond acceptors (Lipinski definition) is 20. The van der Waals surface area contributed by atoms with Crippen LogP contribution < -0.4 is 23.7 Å². The van der Waals surface area contributed by atoms with Crippen molar-refractivity contribution in [2.75, 3.05) is 66.1 Å². The smallest absolute Gasteiger partial charge is 0.489 e. The summed E-state index contributed by atoms with van der Waals surface area (Å²) in [6.07, 6.45) is -5.58. The van der Waals surface area contributed by atoms with Gasteiger partial charge in [0.05, 0.1) is 0 Å². The number of hydrogen-bond donors (Lipinski definition) is 0. The van der Waals surface area contributed by atoms with Gasteiger partial charge in [-0.1, -0.05) is 91.0 Å². The van der Waals surface area contributed by atoms with Gasteiger partial charge in [-0.3, -0.25) is 0 Å². The van der Waals surface area contributed by atoms with Crippen LogP contribution >= 0.6 is 0 Å². The fourth-order valence-corrected chi connectivity index (χ4v) is 8.84. The van der Waals surface area contributed by atoms with E-state index in [9.17, 15) is 24.0 Å². The molecular weight excluding hydrogens is 969 g/mol. The molecule has 20 heteroatoms. The maximum atomic E-state index is 12.0. The zero-order chi connectivity index (χ0) is 50.8. The SMILES string of the molecule is O=C1OCC(COc2ccccc2Cc2cccc(Cc3cccc(Cc4cccc(Cc5ccccc5OCC5COC(=O)O5)c4OCC4COC(=O)O4)c3OCC3COC(=O)O3)c2OCC2COC(=O)O2)O1. The lowest BCUT2D eigenvalue weighted by Gasteiger charge is -2.22. The highest BCUT2D eigenvalue weighted by molar-refractivity contribution is 5.64. The Kier molecular flexibility index (Phi) is 15.2. The molecule has 20 nitrogen and oxygen atoms in total. The van der Waals surface area contributed by atoms with Crippen LogP contribution in [-0.4, -0.2) is 127 Å². The topological polar surface area (TPSA) is 224 Å². The minimum Gasteiger partial charge on any atom is -0.489 e. The van der Waals surface area contributed by atoms with Crippen molar-refractivity contribution in [3.63, 3.8) is 0 Å². The third-order valence-corrected chi connectivity index (χ3v) is 12.3. The van der Waals surface area contributed by atoms with Crippen LogP contribution in [-0.2, 0) is 73.1 Å². The highest BCUT2D eigenvalue weighted by atomic mass is 16.8. The molecule has 0 aliphatic carbocycles. The molecule has 0 saturated carbocycles. The van der Waals surface area contributed by atoms with E-state index in [0.717, 1.165) is 44.5 Å². The highest BCUT2D eigenvalue weighted by Gasteiger charge is 2.31. The molecule has 74 heavy (non-hydrogen) atoms. The van der Waals surface area contributed by atoms with E-state index < -0.39 is 61.3 Å². The number of rotatable bonds is 23. The van der Waals surface area contributed by atoms with Crippen molar-refractivity contribution >= 4 is 30.8 Å². The molecule has 10 rings (SSSR count). The average molecular weight is 1020 g/mol. The Bertz CT molecular complexity index is 2690. The molecule has 5 aromatic rings. The number of ether oxygens (including phenoxy) is 15. The maximum absolute atomic E-state index is 12.0. The first-order valence-electron chi connectivity index (χ1n) is 23.9. The van der Waals surface area contributed by atoms with Gasteiger partial charge in [0, 0.05) is 25.7 Å². The number of benzene rings is 5. The summed E-state index contributed by atoms with van der Waals surface area (Å²) in [4.78, 5) is 59.1. The lowest BCUT2D eigenvalue weighted by atomic mass is 9.93. The number of cyclic esters (lactones) is 10. The van der Waals surface area contributed by atoms with Gasteiger partial charge in [-0.25, -0.2) is 24.0 Å². The van der Waals surface area contributed by atoms with Crippen molar-refractivity contribution in [2.24, 2.45) is 0 Å². The summed E-state index contributed by atoms with van der Waals surface area (Å²) in [5.74, 6) is 2.76. The summed E-state index contributed by atoms with van der Waals surface area (Å²) in [7, 11) is 0. The summed E-state index contributed by atoms with van der Waals surface area (Å²) in [5.41, 5.74) is 6.34. The Morgan fingerprint density at radius 2 is 0.527 bits per heavy atom. The summed E-state index contributed by atoms with van der Waals surface area (Å²) >= 11 is 0. The molecule has 0 amide bonds. The van der Waals surface area contributed by atoms with E-state index in [1.54, 1.807) is 0 Å². The molecule has 5 heterocycles. The summed E-state index contributed by atoms with van der Waals surface area (Å²) in [5, 5.41) is 0. The molecule has 5 aliphatic heterocycles. The van der Waals surface area contributed by atoms with Gasteiger partial charge in [-0.05, 0) is 56.6 Å². The largest absolute Gasteiger partial charge is 0.508 e. The molecule has 386 valence electrons. The Morgan fingerprint density at radius 3 is 0.784 bits per heavy atom. The minimum atomic E-state index is -0.785. The van der Waals surface area contributed by atoms with Crippen molar-refractivity contribution in [1.82, 2.24) is 0 Å². The molecule has 0 spiro atoms. The summed E-state index contributed by atoms with van der Waals surface area (Å²) < 4.78 is 83.7. The molecule has 0 aromatic heterocycles. The zero-order valence-corrected chi connectivity index (χ0v) is 39.8. The standard InChI is InChI=1S/C54H50O20/c55-50-65-27-40(70-50)22-60-45-16-3-1-8-32(45)18-34-10-5-12-36(47(34)62-24-42-29-67-52(57)72-42)20-38-14-7-15-39(49(38)64-26-44-31-69-54(59)74-44)21-37-13-6-11-35(48(37)63-25-43-30-68-53(58)73-43)19-33-9-2-4-17-46(33)61-23-41-28-66-51(56)71-41/h1-17,40-44H,18-31H2. The van der Waals surface area contributed by atoms with E-state index in [0.29, 0.717) is 54.4 Å². The molecule has 0 radical (unpaired) electrons. The van der Waals surface area contributed by atoms with Crippen LogP contribution in [0.3, 0.4) is 0 Å². The van der Waals surface area contributed by atoms with Crippen molar-refractivity contribution in [3.8, 4) is 28.7 Å². The molecule has 0 bridgehead atoms. The fraction of sp³-hybridized carbons (Fsp3) is 0.352. The maximum Gasteiger partial charge on any atom is 0.508 e. The predicted octanol–water partition coefficient (Wildman–Crippen LogP) is 7.62. The van der Waals surface area contributed by atoms with Gasteiger partial charge in [0.25, 0.3) is 0 Å². The van der Waals surface area contributed by atoms with Gasteiger partial charge >= 0.3 is 30.8 Å². The number of para-hydroxylation sites is 5. The van der Waals surface area contributed by atoms with Gasteiger partial charge < -0.3 is 71.1 Å². The molecular formula is C54H50O20. The van der Waals surface area contributed by atoms with E-state index in [-0.39, 0.29) is 66.1 Å². The zero-order valence-electron chi connectivity index (χ0n) is 39.8. The second-order valence-corrected chi connectivity index (χ2v) is 17.7. The summed E-state index contributed by atoms with van der Waals surface area (Å²) in [6, 6.07) is 32.5. The molecule has 5 unspecified atom stereocenters. The first kappa shape index (κ1) is 49.0. The van der Waals surface area contributed by atoms with Crippen LogP contribution in [0.4, 0.5) is 24.0 Å². The molecule has 0 N–H and O–H groups in total. The van der Waals surface area contributed by atoms with Crippen LogP contribution in [0, 0.1) is 0 Å². The monoisotopic (exact) mass is 1020 g/mol. The first-order valence-corrected chi connectivity index (χ1v) is 23.9. The Morgan fingerprint density at radius 1 is 0.297 bits per heavy atom. The predicted molar refractivity (Wildman–Crippen MR) is 252 cm³/mol. The van der Waals surface area contributed by atoms with Crippen molar-refractivity contribution in [3.05, 3.63) is 148 Å². The quantitative estimate of drug-likeness (QED) is 0.0453. The first-order chi connectivity index (χ1) is 36.1. The van der Waals surface area contributed by atoms with Gasteiger partial charge in [-0.15, -0.1) is 0 Å². The molecule has 5 saturated heterocycles. The van der Waals surface area contributed by atoms with Crippen molar-refractivity contribution in [2.45, 2.75) is 56.2 Å². The summed E-state index contributed by atoms with van der Waals surface area (Å²) in [6.45, 7) is 0.412. The van der Waals surface area contributed by atoms with E-state index >= 15 is 0 Å². The van der Waals surface area contributed by atoms with Gasteiger partial charge in [0.2, 0.25) is 0 Å². The van der Waals surface area contributed by atoms with Crippen LogP contribution in [0.5, 0.6) is 28.7 Å². The van der Waals surface area contributed by atoms with Crippen molar-refractivity contribution < 1.29 is 95.0 Å². The Hall–Kier alpha value is -8.55. The lowest BCUT2D eigenvalue weighted by molar-refractivity contribution is 0.0970. The van der Waals surface area contributed by atoms with Gasteiger partial charge in [0.1, 0.15) is 94.8 Å². The molecule has 5 fully saturated rings. The molecule has 5 aliphatic rings. The fourth-order valence-electron chi connectivity index (χ4n) is 8.84. The van der Waals surface area contributed by atoms with E-state index in [1.165, 1.54) is 0 Å². The van der Waals surface area contributed by atoms with Crippen LogP contribution in [0.1, 0.15) is 44.5 Å². The number of carbonyl (C=O) groups excluding carboxylic acids is 5. The van der Waals surface area contributed by atoms with Gasteiger partial charge in [-0.2, -0.15) is 0 Å². The Labute approximate surface area is 423 Å². The third kappa shape index (κ3) is 12.4. The lowest BCUT2D eigenvalue weighted by Crippen LogP contribution is -2.22. The minimum absolute atomic E-state index is 0.00416. The molecule has 5 atom stereocenters. The second-order valence-electron chi connectivity index (χ2n) is 17.7. The van der Waals surface area contributed by atoms with Crippen LogP contribution in [0.2, 0.25) is 0 Å².